The molecular weight excluding hydrogens is 282 g/mol. The molecule has 0 aliphatic carbocycles. The Labute approximate surface area is 126 Å². The van der Waals surface area contributed by atoms with Crippen molar-refractivity contribution in [3.05, 3.63) is 52.6 Å². The normalized spacial score (nSPS) is 10.6. The van der Waals surface area contributed by atoms with Crippen LogP contribution in [0.25, 0.3) is 11.3 Å². The maximum absolute atomic E-state index is 11.8. The number of aryl methyl sites for hydroxylation is 1. The molecule has 7 nitrogen and oxygen atoms in total. The van der Waals surface area contributed by atoms with E-state index < -0.39 is 0 Å². The third-order valence-electron chi connectivity index (χ3n) is 2.98. The van der Waals surface area contributed by atoms with Gasteiger partial charge in [-0.15, -0.1) is 0 Å². The second kappa shape index (κ2) is 6.21. The fourth-order valence-corrected chi connectivity index (χ4v) is 2.00. The molecule has 0 fully saturated rings. The van der Waals surface area contributed by atoms with Crippen molar-refractivity contribution in [2.24, 2.45) is 0 Å². The Bertz CT molecular complexity index is 810. The van der Waals surface area contributed by atoms with E-state index in [-0.39, 0.29) is 17.5 Å². The first-order valence-electron chi connectivity index (χ1n) is 7.01. The Morgan fingerprint density at radius 3 is 2.82 bits per heavy atom. The van der Waals surface area contributed by atoms with Gasteiger partial charge in [-0.1, -0.05) is 42.4 Å². The van der Waals surface area contributed by atoms with Gasteiger partial charge in [-0.2, -0.15) is 4.98 Å². The van der Waals surface area contributed by atoms with E-state index in [2.05, 4.69) is 25.4 Å². The first-order valence-corrected chi connectivity index (χ1v) is 7.01. The first kappa shape index (κ1) is 14.0. The van der Waals surface area contributed by atoms with Gasteiger partial charge in [0.25, 0.3) is 5.56 Å². The first-order chi connectivity index (χ1) is 10.7. The maximum atomic E-state index is 11.8. The summed E-state index contributed by atoms with van der Waals surface area (Å²) in [5.41, 5.74) is 1.17. The second-order valence-corrected chi connectivity index (χ2v) is 4.74. The lowest BCUT2D eigenvalue weighted by atomic mass is 10.1. The zero-order valence-corrected chi connectivity index (χ0v) is 12.0. The van der Waals surface area contributed by atoms with Crippen molar-refractivity contribution >= 4 is 12.0 Å². The number of H-pyrrole nitrogens is 1. The van der Waals surface area contributed by atoms with Gasteiger partial charge in [0.2, 0.25) is 5.95 Å². The maximum Gasteiger partial charge on any atom is 0.328 e. The number of aromatic nitrogens is 4. The Morgan fingerprint density at radius 2 is 2.05 bits per heavy atom. The molecule has 2 heterocycles. The topological polar surface area (TPSA) is 96.7 Å². The van der Waals surface area contributed by atoms with Crippen LogP contribution in [0.3, 0.4) is 0 Å². The highest BCUT2D eigenvalue weighted by Gasteiger charge is 2.09. The SMILES string of the molecule is CCCc1noc(Nc2nc(-c3ccccc3)cc(=O)[nH]2)n1. The molecule has 1 aromatic carbocycles. The summed E-state index contributed by atoms with van der Waals surface area (Å²) in [5.74, 6) is 0.879. The summed E-state index contributed by atoms with van der Waals surface area (Å²) < 4.78 is 5.07. The molecular formula is C15H15N5O2. The molecule has 0 amide bonds. The molecule has 2 aromatic heterocycles. The van der Waals surface area contributed by atoms with Gasteiger partial charge in [-0.3, -0.25) is 15.1 Å². The summed E-state index contributed by atoms with van der Waals surface area (Å²) in [6, 6.07) is 11.1. The molecule has 22 heavy (non-hydrogen) atoms. The molecule has 2 N–H and O–H groups in total. The van der Waals surface area contributed by atoms with Gasteiger partial charge in [-0.05, 0) is 6.42 Å². The van der Waals surface area contributed by atoms with E-state index in [0.717, 1.165) is 18.4 Å². The highest BCUT2D eigenvalue weighted by molar-refractivity contribution is 5.60. The zero-order valence-electron chi connectivity index (χ0n) is 12.0. The van der Waals surface area contributed by atoms with Crippen molar-refractivity contribution in [3.63, 3.8) is 0 Å². The molecule has 3 aromatic rings. The average molecular weight is 297 g/mol. The Balaban J connectivity index is 1.87. The van der Waals surface area contributed by atoms with Gasteiger partial charge in [-0.25, -0.2) is 4.98 Å². The van der Waals surface area contributed by atoms with Crippen LogP contribution in [0.4, 0.5) is 12.0 Å². The highest BCUT2D eigenvalue weighted by atomic mass is 16.5. The molecule has 0 aliphatic rings. The summed E-state index contributed by atoms with van der Waals surface area (Å²) in [4.78, 5) is 22.9. The zero-order chi connectivity index (χ0) is 15.4. The summed E-state index contributed by atoms with van der Waals surface area (Å²) in [6.07, 6.45) is 1.66. The van der Waals surface area contributed by atoms with Crippen molar-refractivity contribution < 1.29 is 4.52 Å². The van der Waals surface area contributed by atoms with Crippen LogP contribution < -0.4 is 10.9 Å². The van der Waals surface area contributed by atoms with Crippen LogP contribution in [0, 0.1) is 0 Å². The number of hydrogen-bond acceptors (Lipinski definition) is 6. The van der Waals surface area contributed by atoms with E-state index >= 15 is 0 Å². The quantitative estimate of drug-likeness (QED) is 0.751. The standard InChI is InChI=1S/C15H15N5O2/c1-2-6-12-17-15(22-20-12)19-14-16-11(9-13(21)18-14)10-7-4-3-5-8-10/h3-5,7-9H,2,6H2,1H3,(H2,16,17,18,19,20,21). The highest BCUT2D eigenvalue weighted by Crippen LogP contribution is 2.17. The minimum Gasteiger partial charge on any atom is -0.315 e. The summed E-state index contributed by atoms with van der Waals surface area (Å²) in [7, 11) is 0. The number of benzene rings is 1. The summed E-state index contributed by atoms with van der Waals surface area (Å²) in [5, 5.41) is 6.66. The van der Waals surface area contributed by atoms with Crippen LogP contribution in [0.15, 0.2) is 45.7 Å². The lowest BCUT2D eigenvalue weighted by molar-refractivity contribution is 0.424. The molecule has 0 radical (unpaired) electrons. The predicted octanol–water partition coefficient (Wildman–Crippen LogP) is 2.52. The lowest BCUT2D eigenvalue weighted by Crippen LogP contribution is -2.10. The molecule has 0 saturated carbocycles. The number of hydrogen-bond donors (Lipinski definition) is 2. The lowest BCUT2D eigenvalue weighted by Gasteiger charge is -2.03. The second-order valence-electron chi connectivity index (χ2n) is 4.74. The molecule has 0 unspecified atom stereocenters. The number of aromatic amines is 1. The molecule has 0 atom stereocenters. The fourth-order valence-electron chi connectivity index (χ4n) is 2.00. The third kappa shape index (κ3) is 3.20. The monoisotopic (exact) mass is 297 g/mol. The van der Waals surface area contributed by atoms with Crippen molar-refractivity contribution in [2.45, 2.75) is 19.8 Å². The van der Waals surface area contributed by atoms with Crippen LogP contribution in [-0.4, -0.2) is 20.1 Å². The van der Waals surface area contributed by atoms with Gasteiger partial charge in [0.15, 0.2) is 5.82 Å². The number of rotatable bonds is 5. The van der Waals surface area contributed by atoms with E-state index in [9.17, 15) is 4.79 Å². The molecule has 7 heteroatoms. The van der Waals surface area contributed by atoms with Crippen LogP contribution in [0.1, 0.15) is 19.2 Å². The van der Waals surface area contributed by atoms with Crippen LogP contribution >= 0.6 is 0 Å². The average Bonchev–Trinajstić information content (AvgIpc) is 2.95. The number of nitrogens with one attached hydrogen (secondary N) is 2. The van der Waals surface area contributed by atoms with Crippen molar-refractivity contribution in [2.75, 3.05) is 5.32 Å². The Hall–Kier alpha value is -2.96. The number of nitrogens with zero attached hydrogens (tertiary/aromatic N) is 3. The van der Waals surface area contributed by atoms with Crippen molar-refractivity contribution in [3.8, 4) is 11.3 Å². The largest absolute Gasteiger partial charge is 0.328 e. The Morgan fingerprint density at radius 1 is 1.23 bits per heavy atom. The van der Waals surface area contributed by atoms with Gasteiger partial charge >= 0.3 is 6.01 Å². The van der Waals surface area contributed by atoms with Crippen molar-refractivity contribution in [1.82, 2.24) is 20.1 Å². The van der Waals surface area contributed by atoms with Crippen LogP contribution in [-0.2, 0) is 6.42 Å². The van der Waals surface area contributed by atoms with Crippen LogP contribution in [0.5, 0.6) is 0 Å². The van der Waals surface area contributed by atoms with Gasteiger partial charge < -0.3 is 4.52 Å². The van der Waals surface area contributed by atoms with Gasteiger partial charge in [0.1, 0.15) is 0 Å². The molecule has 0 saturated heterocycles. The van der Waals surface area contributed by atoms with Gasteiger partial charge in [0, 0.05) is 18.1 Å². The Kier molecular flexibility index (Phi) is 3.95. The molecule has 0 spiro atoms. The minimum atomic E-state index is -0.260. The van der Waals surface area contributed by atoms with Crippen molar-refractivity contribution in [1.29, 1.82) is 0 Å². The fraction of sp³-hybridized carbons (Fsp3) is 0.200. The molecule has 0 aliphatic heterocycles. The predicted molar refractivity (Wildman–Crippen MR) is 81.9 cm³/mol. The molecule has 3 rings (SSSR count). The number of anilines is 2. The van der Waals surface area contributed by atoms with E-state index in [4.69, 9.17) is 4.52 Å². The van der Waals surface area contributed by atoms with Crippen LogP contribution in [0.2, 0.25) is 0 Å². The minimum absolute atomic E-state index is 0.205. The van der Waals surface area contributed by atoms with E-state index in [1.807, 2.05) is 37.3 Å². The van der Waals surface area contributed by atoms with E-state index in [0.29, 0.717) is 11.5 Å². The summed E-state index contributed by atoms with van der Waals surface area (Å²) >= 11 is 0. The molecule has 0 bridgehead atoms. The smallest absolute Gasteiger partial charge is 0.315 e. The third-order valence-corrected chi connectivity index (χ3v) is 2.98. The van der Waals surface area contributed by atoms with E-state index in [1.54, 1.807) is 0 Å². The molecule has 112 valence electrons. The summed E-state index contributed by atoms with van der Waals surface area (Å²) in [6.45, 7) is 2.03. The van der Waals surface area contributed by atoms with E-state index in [1.165, 1.54) is 6.07 Å². The van der Waals surface area contributed by atoms with Gasteiger partial charge in [0.05, 0.1) is 5.69 Å².